The van der Waals surface area contributed by atoms with Crippen LogP contribution in [0.5, 0.6) is 0 Å². The van der Waals surface area contributed by atoms with Gasteiger partial charge in [-0.25, -0.2) is 4.98 Å². The molecular formula is C25H26Cl2N4O3S. The number of carbonyl (C=O) groups is 3. The lowest BCUT2D eigenvalue weighted by Crippen LogP contribution is -2.42. The summed E-state index contributed by atoms with van der Waals surface area (Å²) in [5.41, 5.74) is 1.90. The van der Waals surface area contributed by atoms with Crippen LogP contribution in [0.2, 0.25) is 10.0 Å². The molecule has 184 valence electrons. The number of aromatic nitrogens is 1. The molecule has 2 N–H and O–H groups in total. The van der Waals surface area contributed by atoms with Crippen molar-refractivity contribution < 1.29 is 14.4 Å². The van der Waals surface area contributed by atoms with E-state index in [4.69, 9.17) is 23.2 Å². The third-order valence-electron chi connectivity index (χ3n) is 5.18. The Balaban J connectivity index is 1.56. The molecule has 2 aromatic carbocycles. The molecule has 1 heterocycles. The highest BCUT2D eigenvalue weighted by Crippen LogP contribution is 2.24. The molecule has 1 atom stereocenters. The first-order valence-electron chi connectivity index (χ1n) is 11.0. The van der Waals surface area contributed by atoms with E-state index in [1.54, 1.807) is 17.5 Å². The minimum Gasteiger partial charge on any atom is -0.349 e. The highest BCUT2D eigenvalue weighted by Gasteiger charge is 2.23. The molecule has 0 spiro atoms. The third-order valence-corrected chi connectivity index (χ3v) is 6.73. The summed E-state index contributed by atoms with van der Waals surface area (Å²) in [6, 6.07) is 13.9. The Kier molecular flexibility index (Phi) is 9.26. The second-order valence-corrected chi connectivity index (χ2v) is 9.90. The number of rotatable bonds is 9. The van der Waals surface area contributed by atoms with Crippen LogP contribution in [0.4, 0.5) is 5.13 Å². The molecule has 3 amide bonds. The van der Waals surface area contributed by atoms with E-state index in [9.17, 15) is 14.4 Å². The van der Waals surface area contributed by atoms with Gasteiger partial charge in [-0.15, -0.1) is 11.3 Å². The lowest BCUT2D eigenvalue weighted by molar-refractivity contribution is -0.121. The maximum Gasteiger partial charge on any atom is 0.254 e. The maximum atomic E-state index is 12.9. The van der Waals surface area contributed by atoms with E-state index < -0.39 is 5.91 Å². The molecule has 7 nitrogen and oxygen atoms in total. The number of benzene rings is 2. The van der Waals surface area contributed by atoms with Crippen molar-refractivity contribution in [1.82, 2.24) is 15.2 Å². The van der Waals surface area contributed by atoms with Gasteiger partial charge in [0.2, 0.25) is 11.8 Å². The van der Waals surface area contributed by atoms with Crippen LogP contribution < -0.4 is 10.6 Å². The zero-order valence-electron chi connectivity index (χ0n) is 19.5. The minimum atomic E-state index is -0.393. The van der Waals surface area contributed by atoms with Crippen molar-refractivity contribution in [2.24, 2.45) is 0 Å². The number of anilines is 1. The number of thiazole rings is 1. The first-order chi connectivity index (χ1) is 16.6. The second kappa shape index (κ2) is 12.2. The number of nitrogens with zero attached hydrogens (tertiary/aromatic N) is 2. The fourth-order valence-electron chi connectivity index (χ4n) is 3.33. The summed E-state index contributed by atoms with van der Waals surface area (Å²) in [6.45, 7) is 5.39. The molecule has 0 fully saturated rings. The average Bonchev–Trinajstić information content (AvgIpc) is 3.25. The van der Waals surface area contributed by atoms with Gasteiger partial charge in [-0.05, 0) is 44.5 Å². The first-order valence-corrected chi connectivity index (χ1v) is 12.6. The first kappa shape index (κ1) is 26.7. The van der Waals surface area contributed by atoms with Crippen LogP contribution in [-0.2, 0) is 16.0 Å². The molecule has 3 rings (SSSR count). The van der Waals surface area contributed by atoms with Crippen LogP contribution in [0.25, 0.3) is 0 Å². The highest BCUT2D eigenvalue weighted by molar-refractivity contribution is 7.13. The molecule has 0 aliphatic rings. The Morgan fingerprint density at radius 3 is 2.37 bits per heavy atom. The zero-order chi connectivity index (χ0) is 25.5. The van der Waals surface area contributed by atoms with Crippen LogP contribution in [0.3, 0.4) is 0 Å². The highest BCUT2D eigenvalue weighted by atomic mass is 35.5. The van der Waals surface area contributed by atoms with Gasteiger partial charge in [0, 0.05) is 17.0 Å². The van der Waals surface area contributed by atoms with E-state index in [1.807, 2.05) is 51.1 Å². The smallest absolute Gasteiger partial charge is 0.254 e. The van der Waals surface area contributed by atoms with Gasteiger partial charge < -0.3 is 15.5 Å². The van der Waals surface area contributed by atoms with Gasteiger partial charge in [0.15, 0.2) is 5.13 Å². The molecule has 10 heteroatoms. The monoisotopic (exact) mass is 532 g/mol. The molecule has 1 unspecified atom stereocenters. The van der Waals surface area contributed by atoms with Crippen LogP contribution in [-0.4, -0.2) is 40.2 Å². The fraction of sp³-hybridized carbons (Fsp3) is 0.280. The normalized spacial score (nSPS) is 11.7. The topological polar surface area (TPSA) is 91.4 Å². The summed E-state index contributed by atoms with van der Waals surface area (Å²) in [6.07, 6.45) is 0.0947. The molecule has 0 saturated heterocycles. The molecule has 0 radical (unpaired) electrons. The van der Waals surface area contributed by atoms with Gasteiger partial charge in [0.1, 0.15) is 6.54 Å². The van der Waals surface area contributed by atoms with Gasteiger partial charge in [0.05, 0.1) is 28.2 Å². The zero-order valence-corrected chi connectivity index (χ0v) is 21.9. The number of carbonyl (C=O) groups excluding carboxylic acids is 3. The van der Waals surface area contributed by atoms with Crippen LogP contribution >= 0.6 is 34.5 Å². The maximum absolute atomic E-state index is 12.9. The van der Waals surface area contributed by atoms with Gasteiger partial charge in [-0.3, -0.25) is 14.4 Å². The van der Waals surface area contributed by atoms with E-state index in [1.165, 1.54) is 22.3 Å². The molecule has 0 bridgehead atoms. The second-order valence-electron chi connectivity index (χ2n) is 8.22. The number of nitrogens with one attached hydrogen (secondary N) is 2. The van der Waals surface area contributed by atoms with Crippen molar-refractivity contribution in [3.63, 3.8) is 0 Å². The summed E-state index contributed by atoms with van der Waals surface area (Å²) < 4.78 is 0. The van der Waals surface area contributed by atoms with Crippen molar-refractivity contribution in [2.45, 2.75) is 39.3 Å². The summed E-state index contributed by atoms with van der Waals surface area (Å²) in [7, 11) is 0. The molecule has 3 aromatic rings. The van der Waals surface area contributed by atoms with E-state index in [2.05, 4.69) is 15.6 Å². The Morgan fingerprint density at radius 2 is 1.71 bits per heavy atom. The van der Waals surface area contributed by atoms with Gasteiger partial charge in [0.25, 0.3) is 5.91 Å². The van der Waals surface area contributed by atoms with Crippen LogP contribution in [0.15, 0.2) is 53.9 Å². The van der Waals surface area contributed by atoms with Crippen LogP contribution in [0, 0.1) is 0 Å². The quantitative estimate of drug-likeness (QED) is 0.388. The van der Waals surface area contributed by atoms with Crippen molar-refractivity contribution in [3.05, 3.63) is 80.8 Å². The van der Waals surface area contributed by atoms with Crippen molar-refractivity contribution in [3.8, 4) is 0 Å². The number of amides is 3. The number of halogens is 2. The van der Waals surface area contributed by atoms with E-state index in [0.29, 0.717) is 21.4 Å². The summed E-state index contributed by atoms with van der Waals surface area (Å²) in [5, 5.41) is 8.36. The van der Waals surface area contributed by atoms with E-state index >= 15 is 0 Å². The minimum absolute atomic E-state index is 0.0947. The van der Waals surface area contributed by atoms with E-state index in [-0.39, 0.29) is 41.9 Å². The molecule has 0 aliphatic heterocycles. The molecule has 0 aliphatic carbocycles. The lowest BCUT2D eigenvalue weighted by Gasteiger charge is -2.26. The predicted molar refractivity (Wildman–Crippen MR) is 140 cm³/mol. The van der Waals surface area contributed by atoms with Gasteiger partial charge in [-0.2, -0.15) is 0 Å². The average molecular weight is 533 g/mol. The lowest BCUT2D eigenvalue weighted by atomic mass is 10.1. The molecule has 0 saturated carbocycles. The largest absolute Gasteiger partial charge is 0.349 e. The summed E-state index contributed by atoms with van der Waals surface area (Å²) in [4.78, 5) is 43.8. The Bertz CT molecular complexity index is 1200. The summed E-state index contributed by atoms with van der Waals surface area (Å²) >= 11 is 13.2. The fourth-order valence-corrected chi connectivity index (χ4v) is 4.35. The number of hydrogen-bond donors (Lipinski definition) is 2. The SMILES string of the molecule is CC(NC(=O)Cc1csc(NC(=O)CN(C(=O)c2ccc(Cl)c(Cl)c2)C(C)C)n1)c1ccccc1. The molecule has 35 heavy (non-hydrogen) atoms. The third kappa shape index (κ3) is 7.52. The Morgan fingerprint density at radius 1 is 1.00 bits per heavy atom. The number of hydrogen-bond acceptors (Lipinski definition) is 5. The standard InChI is InChI=1S/C25H26Cl2N4O3S/c1-15(2)31(24(34)18-9-10-20(26)21(27)11-18)13-23(33)30-25-29-19(14-35-25)12-22(32)28-16(3)17-7-5-4-6-8-17/h4-11,14-16H,12-13H2,1-3H3,(H,28,32)(H,29,30,33). The predicted octanol–water partition coefficient (Wildman–Crippen LogP) is 5.36. The van der Waals surface area contributed by atoms with Crippen molar-refractivity contribution >= 4 is 57.4 Å². The van der Waals surface area contributed by atoms with Crippen molar-refractivity contribution in [2.75, 3.05) is 11.9 Å². The van der Waals surface area contributed by atoms with Gasteiger partial charge in [-0.1, -0.05) is 53.5 Å². The Hall–Kier alpha value is -2.94. The van der Waals surface area contributed by atoms with E-state index in [0.717, 1.165) is 5.56 Å². The van der Waals surface area contributed by atoms with Crippen molar-refractivity contribution in [1.29, 1.82) is 0 Å². The molecule has 1 aromatic heterocycles. The summed E-state index contributed by atoms with van der Waals surface area (Å²) in [5.74, 6) is -0.893. The molecular weight excluding hydrogens is 507 g/mol. The Labute approximate surface area is 218 Å². The van der Waals surface area contributed by atoms with Crippen LogP contribution in [0.1, 0.15) is 48.4 Å². The van der Waals surface area contributed by atoms with Gasteiger partial charge >= 0.3 is 0 Å².